The van der Waals surface area contributed by atoms with Crippen molar-refractivity contribution in [2.24, 2.45) is 0 Å². The van der Waals surface area contributed by atoms with Gasteiger partial charge in [-0.05, 0) is 29.5 Å². The number of fused-ring (bicyclic) bond motifs is 1. The molecule has 1 N–H and O–H groups in total. The molecule has 0 aliphatic rings. The standard InChI is InChI=1S/C19H18N2O4S/c1-3-6-14-13-7-4-5-8-17(13)26-18(14)19(22)20-15-11-12(21(23)24)9-10-16(15)25-2/h4-5,7-11H,3,6H2,1-2H3,(H,20,22). The lowest BCUT2D eigenvalue weighted by Gasteiger charge is -2.10. The molecule has 3 rings (SSSR count). The van der Waals surface area contributed by atoms with Gasteiger partial charge < -0.3 is 10.1 Å². The van der Waals surface area contributed by atoms with Crippen LogP contribution in [-0.2, 0) is 6.42 Å². The molecule has 0 saturated carbocycles. The van der Waals surface area contributed by atoms with Crippen molar-refractivity contribution in [2.45, 2.75) is 19.8 Å². The number of hydrogen-bond acceptors (Lipinski definition) is 5. The van der Waals surface area contributed by atoms with Crippen molar-refractivity contribution < 1.29 is 14.5 Å². The molecule has 26 heavy (non-hydrogen) atoms. The van der Waals surface area contributed by atoms with Gasteiger partial charge in [0.05, 0.1) is 22.6 Å². The molecular weight excluding hydrogens is 352 g/mol. The number of thiophene rings is 1. The van der Waals surface area contributed by atoms with Crippen LogP contribution in [0.2, 0.25) is 0 Å². The molecule has 2 aromatic carbocycles. The summed E-state index contributed by atoms with van der Waals surface area (Å²) in [5.41, 5.74) is 1.19. The number of rotatable bonds is 6. The zero-order chi connectivity index (χ0) is 18.7. The van der Waals surface area contributed by atoms with Crippen LogP contribution >= 0.6 is 11.3 Å². The first-order chi connectivity index (χ1) is 12.5. The van der Waals surface area contributed by atoms with Crippen LogP contribution in [0.25, 0.3) is 10.1 Å². The number of nitrogens with zero attached hydrogens (tertiary/aromatic N) is 1. The highest BCUT2D eigenvalue weighted by atomic mass is 32.1. The molecule has 1 aromatic heterocycles. The van der Waals surface area contributed by atoms with E-state index in [1.54, 1.807) is 0 Å². The molecular formula is C19H18N2O4S. The maximum atomic E-state index is 12.9. The highest BCUT2D eigenvalue weighted by Gasteiger charge is 2.20. The number of nitrogens with one attached hydrogen (secondary N) is 1. The van der Waals surface area contributed by atoms with Gasteiger partial charge in [0.15, 0.2) is 0 Å². The van der Waals surface area contributed by atoms with E-state index in [-0.39, 0.29) is 17.3 Å². The molecule has 0 aliphatic heterocycles. The molecule has 134 valence electrons. The van der Waals surface area contributed by atoms with E-state index in [1.165, 1.54) is 36.6 Å². The third-order valence-corrected chi connectivity index (χ3v) is 5.26. The number of carbonyl (C=O) groups is 1. The van der Waals surface area contributed by atoms with Crippen molar-refractivity contribution in [3.05, 3.63) is 63.0 Å². The molecule has 1 amide bonds. The molecule has 6 nitrogen and oxygen atoms in total. The van der Waals surface area contributed by atoms with Crippen LogP contribution in [0.1, 0.15) is 28.6 Å². The number of nitro groups is 1. The zero-order valence-corrected chi connectivity index (χ0v) is 15.3. The minimum atomic E-state index is -0.503. The zero-order valence-electron chi connectivity index (χ0n) is 14.4. The molecule has 7 heteroatoms. The van der Waals surface area contributed by atoms with Crippen molar-refractivity contribution in [1.82, 2.24) is 0 Å². The Morgan fingerprint density at radius 2 is 2.04 bits per heavy atom. The van der Waals surface area contributed by atoms with Gasteiger partial charge in [0, 0.05) is 16.8 Å². The lowest BCUT2D eigenvalue weighted by atomic mass is 10.1. The first-order valence-corrected chi connectivity index (χ1v) is 9.01. The maximum absolute atomic E-state index is 12.9. The average Bonchev–Trinajstić information content (AvgIpc) is 3.01. The fourth-order valence-electron chi connectivity index (χ4n) is 2.87. The fraction of sp³-hybridized carbons (Fsp3) is 0.211. The summed E-state index contributed by atoms with van der Waals surface area (Å²) >= 11 is 1.43. The third-order valence-electron chi connectivity index (χ3n) is 4.05. The van der Waals surface area contributed by atoms with E-state index in [4.69, 9.17) is 4.74 Å². The first kappa shape index (κ1) is 17.9. The summed E-state index contributed by atoms with van der Waals surface area (Å²) in [6, 6.07) is 12.0. The van der Waals surface area contributed by atoms with Crippen LogP contribution in [0.5, 0.6) is 5.75 Å². The van der Waals surface area contributed by atoms with Crippen LogP contribution in [0.3, 0.4) is 0 Å². The Bertz CT molecular complexity index is 981. The smallest absolute Gasteiger partial charge is 0.271 e. The van der Waals surface area contributed by atoms with Gasteiger partial charge >= 0.3 is 0 Å². The lowest BCUT2D eigenvalue weighted by molar-refractivity contribution is -0.384. The normalized spacial score (nSPS) is 10.7. The predicted molar refractivity (Wildman–Crippen MR) is 103 cm³/mol. The van der Waals surface area contributed by atoms with E-state index < -0.39 is 4.92 Å². The summed E-state index contributed by atoms with van der Waals surface area (Å²) in [4.78, 5) is 24.0. The molecule has 0 radical (unpaired) electrons. The topological polar surface area (TPSA) is 81.5 Å². The second-order valence-electron chi connectivity index (χ2n) is 5.75. The number of non-ortho nitro benzene ring substituents is 1. The van der Waals surface area contributed by atoms with E-state index in [9.17, 15) is 14.9 Å². The number of nitro benzene ring substituents is 1. The molecule has 0 unspecified atom stereocenters. The SMILES string of the molecule is CCCc1c(C(=O)Nc2cc([N+](=O)[O-])ccc2OC)sc2ccccc12. The number of hydrogen-bond donors (Lipinski definition) is 1. The van der Waals surface area contributed by atoms with Crippen LogP contribution in [-0.4, -0.2) is 17.9 Å². The third kappa shape index (κ3) is 3.39. The Morgan fingerprint density at radius 3 is 2.73 bits per heavy atom. The van der Waals surface area contributed by atoms with Crippen LogP contribution in [0, 0.1) is 10.1 Å². The number of ether oxygens (including phenoxy) is 1. The van der Waals surface area contributed by atoms with E-state index in [2.05, 4.69) is 12.2 Å². The summed E-state index contributed by atoms with van der Waals surface area (Å²) in [6.45, 7) is 2.07. The van der Waals surface area contributed by atoms with Gasteiger partial charge in [-0.3, -0.25) is 14.9 Å². The first-order valence-electron chi connectivity index (χ1n) is 8.19. The van der Waals surface area contributed by atoms with Gasteiger partial charge in [-0.1, -0.05) is 31.5 Å². The molecule has 3 aromatic rings. The Kier molecular flexibility index (Phi) is 5.18. The Balaban J connectivity index is 2.01. The van der Waals surface area contributed by atoms with Crippen LogP contribution < -0.4 is 10.1 Å². The number of anilines is 1. The van der Waals surface area contributed by atoms with E-state index in [1.807, 2.05) is 24.3 Å². The monoisotopic (exact) mass is 370 g/mol. The number of amides is 1. The number of carbonyl (C=O) groups excluding carboxylic acids is 1. The van der Waals surface area contributed by atoms with Crippen LogP contribution in [0.4, 0.5) is 11.4 Å². The molecule has 0 spiro atoms. The van der Waals surface area contributed by atoms with E-state index in [0.717, 1.165) is 28.5 Å². The Morgan fingerprint density at radius 1 is 1.27 bits per heavy atom. The second kappa shape index (κ2) is 7.53. The van der Waals surface area contributed by atoms with Crippen molar-refractivity contribution >= 4 is 38.7 Å². The van der Waals surface area contributed by atoms with Gasteiger partial charge in [0.1, 0.15) is 5.75 Å². The Hall–Kier alpha value is -2.93. The van der Waals surface area contributed by atoms with Gasteiger partial charge in [0.2, 0.25) is 0 Å². The van der Waals surface area contributed by atoms with Crippen molar-refractivity contribution in [2.75, 3.05) is 12.4 Å². The van der Waals surface area contributed by atoms with E-state index in [0.29, 0.717) is 10.6 Å². The van der Waals surface area contributed by atoms with Gasteiger partial charge in [-0.15, -0.1) is 11.3 Å². The second-order valence-corrected chi connectivity index (χ2v) is 6.80. The van der Waals surface area contributed by atoms with Crippen molar-refractivity contribution in [3.8, 4) is 5.75 Å². The summed E-state index contributed by atoms with van der Waals surface area (Å²) in [6.07, 6.45) is 1.71. The molecule has 0 fully saturated rings. The minimum absolute atomic E-state index is 0.105. The largest absolute Gasteiger partial charge is 0.495 e. The van der Waals surface area contributed by atoms with Gasteiger partial charge in [-0.2, -0.15) is 0 Å². The van der Waals surface area contributed by atoms with E-state index >= 15 is 0 Å². The van der Waals surface area contributed by atoms with Crippen molar-refractivity contribution in [1.29, 1.82) is 0 Å². The maximum Gasteiger partial charge on any atom is 0.271 e. The minimum Gasteiger partial charge on any atom is -0.495 e. The van der Waals surface area contributed by atoms with Gasteiger partial charge in [0.25, 0.3) is 11.6 Å². The van der Waals surface area contributed by atoms with Crippen molar-refractivity contribution in [3.63, 3.8) is 0 Å². The number of aryl methyl sites for hydroxylation is 1. The number of methoxy groups -OCH3 is 1. The lowest BCUT2D eigenvalue weighted by Crippen LogP contribution is -2.13. The average molecular weight is 370 g/mol. The number of benzene rings is 2. The molecule has 0 saturated heterocycles. The molecule has 1 heterocycles. The highest BCUT2D eigenvalue weighted by Crippen LogP contribution is 2.34. The fourth-order valence-corrected chi connectivity index (χ4v) is 4.01. The predicted octanol–water partition coefficient (Wildman–Crippen LogP) is 5.02. The molecule has 0 aliphatic carbocycles. The highest BCUT2D eigenvalue weighted by molar-refractivity contribution is 7.21. The van der Waals surface area contributed by atoms with Gasteiger partial charge in [-0.25, -0.2) is 0 Å². The van der Waals surface area contributed by atoms with Crippen LogP contribution in [0.15, 0.2) is 42.5 Å². The summed E-state index contributed by atoms with van der Waals surface area (Å²) in [5.74, 6) is 0.0931. The molecule has 0 bridgehead atoms. The summed E-state index contributed by atoms with van der Waals surface area (Å²) in [5, 5.41) is 14.9. The molecule has 0 atom stereocenters. The Labute approximate surface area is 154 Å². The summed E-state index contributed by atoms with van der Waals surface area (Å²) in [7, 11) is 1.46. The quantitative estimate of drug-likeness (QED) is 0.488. The summed E-state index contributed by atoms with van der Waals surface area (Å²) < 4.78 is 6.27.